The average molecular weight is 479 g/mol. The highest BCUT2D eigenvalue weighted by molar-refractivity contribution is 6.60. The summed E-state index contributed by atoms with van der Waals surface area (Å²) in [5.74, 6) is -1.27. The molecule has 0 bridgehead atoms. The highest BCUT2D eigenvalue weighted by atomic mass is 28.4. The largest absolute Gasteiger partial charge is 0.501 e. The van der Waals surface area contributed by atoms with E-state index in [2.05, 4.69) is 13.8 Å². The molecular weight excluding hydrogens is 424 g/mol. The molecule has 0 amide bonds. The van der Waals surface area contributed by atoms with Crippen LogP contribution in [-0.4, -0.2) is 55.4 Å². The third kappa shape index (κ3) is 12.4. The monoisotopic (exact) mass is 478 g/mol. The van der Waals surface area contributed by atoms with Gasteiger partial charge in [-0.15, -0.1) is 0 Å². The van der Waals surface area contributed by atoms with E-state index in [9.17, 15) is 0 Å². The van der Waals surface area contributed by atoms with Gasteiger partial charge in [0.1, 0.15) is 6.10 Å². The fraction of sp³-hybridized carbons (Fsp3) is 1.00. The van der Waals surface area contributed by atoms with Gasteiger partial charge in [0.25, 0.3) is 0 Å². The minimum Gasteiger partial charge on any atom is -0.374 e. The summed E-state index contributed by atoms with van der Waals surface area (Å²) in [5.41, 5.74) is 0. The van der Waals surface area contributed by atoms with Gasteiger partial charge < -0.3 is 27.5 Å². The standard InChI is InChI=1S/C25H54O6Si/c1-8-12-14-16-18-20-22-24(25(26-5,27-6)28-7)31-32(29-10-3,30-11-4)23-21-19-17-15-13-9-2/h24H,8-23H2,1-7H3. The van der Waals surface area contributed by atoms with Crippen LogP contribution in [0.2, 0.25) is 6.04 Å². The first-order valence-corrected chi connectivity index (χ1v) is 15.1. The summed E-state index contributed by atoms with van der Waals surface area (Å²) in [6.07, 6.45) is 14.9. The van der Waals surface area contributed by atoms with Gasteiger partial charge in [0.05, 0.1) is 0 Å². The Hall–Kier alpha value is -0.0231. The van der Waals surface area contributed by atoms with Crippen LogP contribution in [0.5, 0.6) is 0 Å². The minimum absolute atomic E-state index is 0.418. The van der Waals surface area contributed by atoms with Crippen molar-refractivity contribution in [3.8, 4) is 0 Å². The van der Waals surface area contributed by atoms with E-state index in [0.29, 0.717) is 13.2 Å². The van der Waals surface area contributed by atoms with Gasteiger partial charge in [-0.3, -0.25) is 0 Å². The second-order valence-electron chi connectivity index (χ2n) is 8.45. The normalized spacial score (nSPS) is 13.6. The zero-order valence-electron chi connectivity index (χ0n) is 22.3. The predicted octanol–water partition coefficient (Wildman–Crippen LogP) is 7.09. The van der Waals surface area contributed by atoms with Crippen molar-refractivity contribution in [2.24, 2.45) is 0 Å². The molecule has 0 aliphatic heterocycles. The van der Waals surface area contributed by atoms with Crippen molar-refractivity contribution in [3.63, 3.8) is 0 Å². The molecule has 0 spiro atoms. The molecule has 0 aliphatic carbocycles. The Labute approximate surface area is 200 Å². The maximum Gasteiger partial charge on any atom is 0.501 e. The molecule has 1 unspecified atom stereocenters. The Balaban J connectivity index is 5.32. The Morgan fingerprint density at radius 1 is 0.594 bits per heavy atom. The molecule has 0 saturated carbocycles. The van der Waals surface area contributed by atoms with E-state index in [4.69, 9.17) is 27.5 Å². The molecule has 0 radical (unpaired) electrons. The van der Waals surface area contributed by atoms with Crippen molar-refractivity contribution in [2.45, 2.75) is 129 Å². The number of ether oxygens (including phenoxy) is 3. The highest BCUT2D eigenvalue weighted by Crippen LogP contribution is 2.31. The van der Waals surface area contributed by atoms with Crippen molar-refractivity contribution in [3.05, 3.63) is 0 Å². The molecule has 0 aromatic carbocycles. The van der Waals surface area contributed by atoms with Gasteiger partial charge in [0, 0.05) is 40.6 Å². The first-order valence-electron chi connectivity index (χ1n) is 13.1. The van der Waals surface area contributed by atoms with Gasteiger partial charge in [-0.2, -0.15) is 0 Å². The van der Waals surface area contributed by atoms with Crippen molar-refractivity contribution < 1.29 is 27.5 Å². The number of methoxy groups -OCH3 is 3. The molecule has 0 fully saturated rings. The van der Waals surface area contributed by atoms with Crippen LogP contribution in [0, 0.1) is 0 Å². The van der Waals surface area contributed by atoms with Crippen LogP contribution >= 0.6 is 0 Å². The maximum atomic E-state index is 6.73. The minimum atomic E-state index is -2.91. The summed E-state index contributed by atoms with van der Waals surface area (Å²) < 4.78 is 36.3. The highest BCUT2D eigenvalue weighted by Gasteiger charge is 2.50. The molecule has 0 aromatic heterocycles. The number of hydrogen-bond donors (Lipinski definition) is 0. The lowest BCUT2D eigenvalue weighted by Crippen LogP contribution is -2.57. The first-order chi connectivity index (χ1) is 15.5. The summed E-state index contributed by atoms with van der Waals surface area (Å²) in [7, 11) is 1.89. The van der Waals surface area contributed by atoms with E-state index in [0.717, 1.165) is 31.7 Å². The molecule has 0 rings (SSSR count). The Morgan fingerprint density at radius 3 is 1.47 bits per heavy atom. The molecule has 0 aliphatic rings. The van der Waals surface area contributed by atoms with E-state index in [-0.39, 0.29) is 0 Å². The van der Waals surface area contributed by atoms with E-state index in [1.165, 1.54) is 57.8 Å². The zero-order valence-corrected chi connectivity index (χ0v) is 23.3. The molecule has 32 heavy (non-hydrogen) atoms. The van der Waals surface area contributed by atoms with Crippen LogP contribution in [0.1, 0.15) is 111 Å². The van der Waals surface area contributed by atoms with E-state index >= 15 is 0 Å². The Kier molecular flexibility index (Phi) is 20.3. The van der Waals surface area contributed by atoms with Crippen molar-refractivity contribution in [1.82, 2.24) is 0 Å². The quantitative estimate of drug-likeness (QED) is 0.0838. The third-order valence-electron chi connectivity index (χ3n) is 5.95. The smallest absolute Gasteiger partial charge is 0.374 e. The van der Waals surface area contributed by atoms with E-state index in [1.807, 2.05) is 13.8 Å². The van der Waals surface area contributed by atoms with Crippen LogP contribution in [-0.2, 0) is 27.5 Å². The number of rotatable bonds is 24. The lowest BCUT2D eigenvalue weighted by molar-refractivity contribution is -0.388. The number of hydrogen-bond acceptors (Lipinski definition) is 6. The zero-order chi connectivity index (χ0) is 24.1. The summed E-state index contributed by atoms with van der Waals surface area (Å²) in [5, 5.41) is 0. The summed E-state index contributed by atoms with van der Waals surface area (Å²) in [6, 6.07) is 0.807. The van der Waals surface area contributed by atoms with Gasteiger partial charge in [-0.1, -0.05) is 84.5 Å². The molecular formula is C25H54O6Si. The second kappa shape index (κ2) is 20.4. The Morgan fingerprint density at radius 2 is 1.03 bits per heavy atom. The summed E-state index contributed by atoms with van der Waals surface area (Å²) >= 11 is 0. The fourth-order valence-corrected chi connectivity index (χ4v) is 7.04. The topological polar surface area (TPSA) is 55.4 Å². The van der Waals surface area contributed by atoms with Crippen molar-refractivity contribution in [1.29, 1.82) is 0 Å². The van der Waals surface area contributed by atoms with Crippen LogP contribution < -0.4 is 0 Å². The fourth-order valence-electron chi connectivity index (χ4n) is 4.15. The van der Waals surface area contributed by atoms with Crippen LogP contribution in [0.25, 0.3) is 0 Å². The molecule has 194 valence electrons. The lowest BCUT2D eigenvalue weighted by Gasteiger charge is -2.40. The van der Waals surface area contributed by atoms with Gasteiger partial charge >= 0.3 is 14.8 Å². The molecule has 0 heterocycles. The van der Waals surface area contributed by atoms with Gasteiger partial charge in [0.2, 0.25) is 0 Å². The third-order valence-corrected chi connectivity index (χ3v) is 9.02. The second-order valence-corrected chi connectivity index (χ2v) is 11.1. The Bertz CT molecular complexity index is 392. The molecule has 7 heteroatoms. The van der Waals surface area contributed by atoms with Gasteiger partial charge in [-0.25, -0.2) is 0 Å². The van der Waals surface area contributed by atoms with Gasteiger partial charge in [0.15, 0.2) is 0 Å². The van der Waals surface area contributed by atoms with Crippen LogP contribution in [0.15, 0.2) is 0 Å². The number of unbranched alkanes of at least 4 members (excludes halogenated alkanes) is 10. The van der Waals surface area contributed by atoms with Crippen molar-refractivity contribution >= 4 is 8.80 Å². The van der Waals surface area contributed by atoms with Crippen molar-refractivity contribution in [2.75, 3.05) is 34.5 Å². The van der Waals surface area contributed by atoms with Crippen LogP contribution in [0.3, 0.4) is 0 Å². The summed E-state index contributed by atoms with van der Waals surface area (Å²) in [4.78, 5) is 0. The molecule has 6 nitrogen and oxygen atoms in total. The predicted molar refractivity (Wildman–Crippen MR) is 134 cm³/mol. The SMILES string of the molecule is CCCCCCCCC(O[Si](CCCCCCCC)(OCC)OCC)C(OC)(OC)OC. The maximum absolute atomic E-state index is 6.73. The molecule has 0 saturated heterocycles. The summed E-state index contributed by atoms with van der Waals surface area (Å²) in [6.45, 7) is 9.61. The van der Waals surface area contributed by atoms with Crippen LogP contribution in [0.4, 0.5) is 0 Å². The first kappa shape index (κ1) is 32.0. The lowest BCUT2D eigenvalue weighted by atomic mass is 10.1. The van der Waals surface area contributed by atoms with E-state index < -0.39 is 20.9 Å². The molecule has 1 atom stereocenters. The molecule has 0 aromatic rings. The average Bonchev–Trinajstić information content (AvgIpc) is 2.80. The van der Waals surface area contributed by atoms with E-state index in [1.54, 1.807) is 21.3 Å². The van der Waals surface area contributed by atoms with Gasteiger partial charge in [-0.05, 0) is 26.7 Å². The molecule has 0 N–H and O–H groups in total.